The van der Waals surface area contributed by atoms with Crippen LogP contribution in [0.3, 0.4) is 0 Å². The summed E-state index contributed by atoms with van der Waals surface area (Å²) in [6.45, 7) is 0.628. The molecule has 2 N–H and O–H groups in total. The highest BCUT2D eigenvalue weighted by molar-refractivity contribution is 6.30. The summed E-state index contributed by atoms with van der Waals surface area (Å²) in [6.07, 6.45) is 0.797. The van der Waals surface area contributed by atoms with Crippen LogP contribution in [0.15, 0.2) is 72.8 Å². The van der Waals surface area contributed by atoms with Crippen molar-refractivity contribution in [3.05, 3.63) is 88.9 Å². The van der Waals surface area contributed by atoms with Crippen LogP contribution in [0.1, 0.15) is 15.9 Å². The Hall–Kier alpha value is -3.31. The molecule has 0 saturated heterocycles. The number of anilines is 3. The Labute approximate surface area is 167 Å². The summed E-state index contributed by atoms with van der Waals surface area (Å²) >= 11 is 5.86. The lowest BCUT2D eigenvalue weighted by Gasteiger charge is -2.18. The van der Waals surface area contributed by atoms with E-state index in [1.807, 2.05) is 48.5 Å². The predicted octanol–water partition coefficient (Wildman–Crippen LogP) is 5.19. The molecule has 0 saturated carbocycles. The monoisotopic (exact) mass is 391 g/mol. The topological polar surface area (TPSA) is 61.4 Å². The fourth-order valence-corrected chi connectivity index (χ4v) is 3.36. The molecule has 3 amide bonds. The molecular formula is C22H18ClN3O2. The van der Waals surface area contributed by atoms with Gasteiger partial charge in [0.25, 0.3) is 5.91 Å². The normalized spacial score (nSPS) is 12.4. The van der Waals surface area contributed by atoms with E-state index in [0.717, 1.165) is 17.7 Å². The Morgan fingerprint density at radius 1 is 0.857 bits per heavy atom. The molecule has 140 valence electrons. The number of hydrogen-bond donors (Lipinski definition) is 2. The molecule has 3 aromatic rings. The second kappa shape index (κ2) is 7.74. The van der Waals surface area contributed by atoms with E-state index in [1.54, 1.807) is 29.2 Å². The highest BCUT2D eigenvalue weighted by atomic mass is 35.5. The number of amides is 3. The fraction of sp³-hybridized carbons (Fsp3) is 0.0909. The van der Waals surface area contributed by atoms with Gasteiger partial charge in [0.05, 0.1) is 0 Å². The van der Waals surface area contributed by atoms with Gasteiger partial charge >= 0.3 is 6.03 Å². The van der Waals surface area contributed by atoms with Gasteiger partial charge < -0.3 is 15.5 Å². The van der Waals surface area contributed by atoms with Crippen LogP contribution in [0.25, 0.3) is 0 Å². The highest BCUT2D eigenvalue weighted by Crippen LogP contribution is 2.32. The first-order valence-corrected chi connectivity index (χ1v) is 9.31. The second-order valence-electron chi connectivity index (χ2n) is 6.50. The van der Waals surface area contributed by atoms with E-state index in [-0.39, 0.29) is 11.9 Å². The number of hydrogen-bond acceptors (Lipinski definition) is 2. The van der Waals surface area contributed by atoms with Crippen molar-refractivity contribution in [2.75, 3.05) is 22.1 Å². The van der Waals surface area contributed by atoms with E-state index in [0.29, 0.717) is 28.5 Å². The molecule has 0 fully saturated rings. The number of urea groups is 1. The molecule has 0 bridgehead atoms. The third-order valence-corrected chi connectivity index (χ3v) is 4.86. The first-order valence-electron chi connectivity index (χ1n) is 8.93. The average Bonchev–Trinajstić information content (AvgIpc) is 3.13. The van der Waals surface area contributed by atoms with E-state index in [2.05, 4.69) is 10.6 Å². The van der Waals surface area contributed by atoms with Gasteiger partial charge in [-0.1, -0.05) is 35.9 Å². The van der Waals surface area contributed by atoms with Crippen LogP contribution in [0, 0.1) is 0 Å². The van der Waals surface area contributed by atoms with E-state index >= 15 is 0 Å². The van der Waals surface area contributed by atoms with Gasteiger partial charge in [0.15, 0.2) is 0 Å². The lowest BCUT2D eigenvalue weighted by molar-refractivity contribution is 0.0989. The van der Waals surface area contributed by atoms with Crippen LogP contribution in [0.4, 0.5) is 21.9 Å². The van der Waals surface area contributed by atoms with Crippen LogP contribution >= 0.6 is 11.6 Å². The van der Waals surface area contributed by atoms with Gasteiger partial charge in [-0.15, -0.1) is 0 Å². The van der Waals surface area contributed by atoms with Crippen molar-refractivity contribution in [1.29, 1.82) is 0 Å². The maximum absolute atomic E-state index is 12.8. The SMILES string of the molecule is O=C(Nc1ccc(Cl)cc1)Nc1ccc2c(c1)N(C(=O)c1ccccc1)CC2. The Morgan fingerprint density at radius 2 is 1.54 bits per heavy atom. The minimum Gasteiger partial charge on any atom is -0.308 e. The quantitative estimate of drug-likeness (QED) is 0.645. The molecule has 28 heavy (non-hydrogen) atoms. The number of benzene rings is 3. The van der Waals surface area contributed by atoms with E-state index in [1.165, 1.54) is 0 Å². The molecule has 3 aromatic carbocycles. The summed E-state index contributed by atoms with van der Waals surface area (Å²) in [5.41, 5.74) is 3.84. The van der Waals surface area contributed by atoms with Crippen molar-refractivity contribution < 1.29 is 9.59 Å². The minimum absolute atomic E-state index is 0.0397. The summed E-state index contributed by atoms with van der Waals surface area (Å²) in [4.78, 5) is 26.9. The van der Waals surface area contributed by atoms with Crippen LogP contribution in [-0.2, 0) is 6.42 Å². The first kappa shape index (κ1) is 18.1. The number of carbonyl (C=O) groups excluding carboxylic acids is 2. The van der Waals surface area contributed by atoms with Crippen molar-refractivity contribution in [2.24, 2.45) is 0 Å². The van der Waals surface area contributed by atoms with Gasteiger partial charge in [-0.3, -0.25) is 4.79 Å². The lowest BCUT2D eigenvalue weighted by atomic mass is 10.1. The number of fused-ring (bicyclic) bond motifs is 1. The predicted molar refractivity (Wildman–Crippen MR) is 112 cm³/mol. The summed E-state index contributed by atoms with van der Waals surface area (Å²) in [6, 6.07) is 21.3. The maximum Gasteiger partial charge on any atom is 0.323 e. The standard InChI is InChI=1S/C22H18ClN3O2/c23-17-7-10-18(11-8-17)24-22(28)25-19-9-6-15-12-13-26(20(15)14-19)21(27)16-4-2-1-3-5-16/h1-11,14H,12-13H2,(H2,24,25,28). The molecule has 1 aliphatic heterocycles. The van der Waals surface area contributed by atoms with Crippen molar-refractivity contribution >= 4 is 40.6 Å². The molecule has 0 atom stereocenters. The smallest absolute Gasteiger partial charge is 0.308 e. The van der Waals surface area contributed by atoms with E-state index in [9.17, 15) is 9.59 Å². The number of carbonyl (C=O) groups is 2. The van der Waals surface area contributed by atoms with Gasteiger partial charge in [0.2, 0.25) is 0 Å². The molecule has 0 aliphatic carbocycles. The summed E-state index contributed by atoms with van der Waals surface area (Å²) in [5, 5.41) is 6.17. The van der Waals surface area contributed by atoms with Crippen LogP contribution in [0.2, 0.25) is 5.02 Å². The highest BCUT2D eigenvalue weighted by Gasteiger charge is 2.25. The van der Waals surface area contributed by atoms with Crippen LogP contribution in [0.5, 0.6) is 0 Å². The zero-order chi connectivity index (χ0) is 19.5. The third kappa shape index (κ3) is 3.85. The molecule has 1 aliphatic rings. The molecule has 1 heterocycles. The molecular weight excluding hydrogens is 374 g/mol. The average molecular weight is 392 g/mol. The van der Waals surface area contributed by atoms with Crippen LogP contribution in [-0.4, -0.2) is 18.5 Å². The van der Waals surface area contributed by atoms with Gasteiger partial charge in [0, 0.05) is 34.2 Å². The van der Waals surface area contributed by atoms with Gasteiger partial charge in [-0.05, 0) is 60.5 Å². The van der Waals surface area contributed by atoms with Crippen molar-refractivity contribution in [3.63, 3.8) is 0 Å². The van der Waals surface area contributed by atoms with Gasteiger partial charge in [-0.2, -0.15) is 0 Å². The largest absolute Gasteiger partial charge is 0.323 e. The zero-order valence-electron chi connectivity index (χ0n) is 15.0. The van der Waals surface area contributed by atoms with Crippen LogP contribution < -0.4 is 15.5 Å². The molecule has 0 spiro atoms. The number of halogens is 1. The number of nitrogens with zero attached hydrogens (tertiary/aromatic N) is 1. The molecule has 0 radical (unpaired) electrons. The molecule has 5 nitrogen and oxygen atoms in total. The Balaban J connectivity index is 1.49. The third-order valence-electron chi connectivity index (χ3n) is 4.61. The van der Waals surface area contributed by atoms with Crippen molar-refractivity contribution in [3.8, 4) is 0 Å². The Morgan fingerprint density at radius 3 is 2.29 bits per heavy atom. The lowest BCUT2D eigenvalue weighted by Crippen LogP contribution is -2.29. The Bertz CT molecular complexity index is 1020. The van der Waals surface area contributed by atoms with Crippen molar-refractivity contribution in [1.82, 2.24) is 0 Å². The summed E-state index contributed by atoms with van der Waals surface area (Å²) < 4.78 is 0. The molecule has 4 rings (SSSR count). The fourth-order valence-electron chi connectivity index (χ4n) is 3.23. The summed E-state index contributed by atoms with van der Waals surface area (Å²) in [7, 11) is 0. The van der Waals surface area contributed by atoms with E-state index < -0.39 is 0 Å². The number of nitrogens with one attached hydrogen (secondary N) is 2. The number of rotatable bonds is 3. The first-order chi connectivity index (χ1) is 13.6. The zero-order valence-corrected chi connectivity index (χ0v) is 15.7. The van der Waals surface area contributed by atoms with Gasteiger partial charge in [0.1, 0.15) is 0 Å². The van der Waals surface area contributed by atoms with E-state index in [4.69, 9.17) is 11.6 Å². The summed E-state index contributed by atoms with van der Waals surface area (Å²) in [5.74, 6) is -0.0397. The maximum atomic E-state index is 12.8. The van der Waals surface area contributed by atoms with Crippen molar-refractivity contribution in [2.45, 2.75) is 6.42 Å². The molecule has 0 unspecified atom stereocenters. The second-order valence-corrected chi connectivity index (χ2v) is 6.94. The molecule has 6 heteroatoms. The van der Waals surface area contributed by atoms with Gasteiger partial charge in [-0.25, -0.2) is 4.79 Å². The Kier molecular flexibility index (Phi) is 5.00. The molecule has 0 aromatic heterocycles. The minimum atomic E-state index is -0.360.